The number of rotatable bonds is 2. The molecule has 0 spiro atoms. The van der Waals surface area contributed by atoms with Gasteiger partial charge in [-0.3, -0.25) is 0 Å². The van der Waals surface area contributed by atoms with Crippen molar-refractivity contribution >= 4 is 16.6 Å². The molecule has 29 heavy (non-hydrogen) atoms. The van der Waals surface area contributed by atoms with E-state index in [1.54, 1.807) is 0 Å². The third-order valence-electron chi connectivity index (χ3n) is 6.25. The normalized spacial score (nSPS) is 16.1. The summed E-state index contributed by atoms with van der Waals surface area (Å²) in [6.45, 7) is 7.53. The molecule has 0 fully saturated rings. The van der Waals surface area contributed by atoms with Gasteiger partial charge in [-0.2, -0.15) is 0 Å². The molecule has 3 aromatic carbocycles. The summed E-state index contributed by atoms with van der Waals surface area (Å²) in [5, 5.41) is 11.9. The number of hydrogen-bond donors (Lipinski definition) is 0. The van der Waals surface area contributed by atoms with Gasteiger partial charge in [0.2, 0.25) is 0 Å². The van der Waals surface area contributed by atoms with E-state index in [0.717, 1.165) is 24.5 Å². The average Bonchev–Trinajstić information content (AvgIpc) is 2.74. The monoisotopic (exact) mass is 379 g/mol. The lowest BCUT2D eigenvalue weighted by Crippen LogP contribution is -2.34. The van der Waals surface area contributed by atoms with Crippen LogP contribution in [0.15, 0.2) is 66.7 Å². The Hall–Kier alpha value is -3.20. The Bertz CT molecular complexity index is 1190. The molecule has 3 nitrogen and oxygen atoms in total. The van der Waals surface area contributed by atoms with Crippen LogP contribution in [0.2, 0.25) is 0 Å². The first kappa shape index (κ1) is 17.9. The fraction of sp³-hybridized carbons (Fsp3) is 0.231. The van der Waals surface area contributed by atoms with Gasteiger partial charge in [0.05, 0.1) is 6.04 Å². The Labute approximate surface area is 172 Å². The van der Waals surface area contributed by atoms with Crippen LogP contribution in [-0.2, 0) is 6.42 Å². The SMILES string of the molecule is Cc1cccc(C)c1-c1nnc(N2CCc3ccccc3C2C)c2ccccc12. The third kappa shape index (κ3) is 2.89. The number of hydrogen-bond acceptors (Lipinski definition) is 3. The Kier molecular flexibility index (Phi) is 4.31. The van der Waals surface area contributed by atoms with Gasteiger partial charge in [-0.05, 0) is 49.4 Å². The lowest BCUT2D eigenvalue weighted by atomic mass is 9.93. The third-order valence-corrected chi connectivity index (χ3v) is 6.25. The summed E-state index contributed by atoms with van der Waals surface area (Å²) in [4.78, 5) is 2.41. The smallest absolute Gasteiger partial charge is 0.159 e. The highest BCUT2D eigenvalue weighted by atomic mass is 15.3. The van der Waals surface area contributed by atoms with E-state index < -0.39 is 0 Å². The lowest BCUT2D eigenvalue weighted by Gasteiger charge is -2.36. The average molecular weight is 380 g/mol. The highest BCUT2D eigenvalue weighted by Crippen LogP contribution is 2.38. The van der Waals surface area contributed by atoms with Crippen LogP contribution < -0.4 is 4.90 Å². The van der Waals surface area contributed by atoms with Crippen molar-refractivity contribution in [1.82, 2.24) is 10.2 Å². The second-order valence-electron chi connectivity index (χ2n) is 8.00. The van der Waals surface area contributed by atoms with Crippen molar-refractivity contribution < 1.29 is 0 Å². The lowest BCUT2D eigenvalue weighted by molar-refractivity contribution is 0.616. The van der Waals surface area contributed by atoms with Gasteiger partial charge < -0.3 is 4.90 Å². The van der Waals surface area contributed by atoms with Crippen molar-refractivity contribution in [2.24, 2.45) is 0 Å². The number of nitrogens with zero attached hydrogens (tertiary/aromatic N) is 3. The summed E-state index contributed by atoms with van der Waals surface area (Å²) in [6.07, 6.45) is 1.04. The molecule has 0 amide bonds. The minimum atomic E-state index is 0.281. The van der Waals surface area contributed by atoms with E-state index in [0.29, 0.717) is 0 Å². The predicted octanol–water partition coefficient (Wildman–Crippen LogP) is 6.04. The molecule has 0 aliphatic carbocycles. The highest BCUT2D eigenvalue weighted by molar-refractivity contribution is 6.01. The highest BCUT2D eigenvalue weighted by Gasteiger charge is 2.27. The molecule has 4 aromatic rings. The minimum absolute atomic E-state index is 0.281. The first-order valence-electron chi connectivity index (χ1n) is 10.3. The van der Waals surface area contributed by atoms with Crippen LogP contribution in [0.1, 0.15) is 35.2 Å². The van der Waals surface area contributed by atoms with Gasteiger partial charge in [-0.25, -0.2) is 0 Å². The molecule has 144 valence electrons. The van der Waals surface area contributed by atoms with Crippen LogP contribution in [0.4, 0.5) is 5.82 Å². The summed E-state index contributed by atoms with van der Waals surface area (Å²) < 4.78 is 0. The van der Waals surface area contributed by atoms with Crippen LogP contribution in [0, 0.1) is 13.8 Å². The van der Waals surface area contributed by atoms with E-state index in [2.05, 4.69) is 92.4 Å². The predicted molar refractivity (Wildman–Crippen MR) is 120 cm³/mol. The van der Waals surface area contributed by atoms with E-state index in [4.69, 9.17) is 10.2 Å². The standard InChI is InChI=1S/C26H25N3/c1-17-9-8-10-18(2)24(17)25-22-13-6-7-14-23(22)26(28-27-25)29-16-15-20-11-4-5-12-21(20)19(29)3/h4-14,19H,15-16H2,1-3H3. The minimum Gasteiger partial charge on any atom is -0.348 e. The van der Waals surface area contributed by atoms with Gasteiger partial charge >= 0.3 is 0 Å². The quantitative estimate of drug-likeness (QED) is 0.425. The van der Waals surface area contributed by atoms with Crippen molar-refractivity contribution in [3.63, 3.8) is 0 Å². The summed E-state index contributed by atoms with van der Waals surface area (Å²) in [7, 11) is 0. The maximum absolute atomic E-state index is 4.79. The summed E-state index contributed by atoms with van der Waals surface area (Å²) in [6, 6.07) is 24.0. The van der Waals surface area contributed by atoms with Crippen LogP contribution in [-0.4, -0.2) is 16.7 Å². The molecular weight excluding hydrogens is 354 g/mol. The van der Waals surface area contributed by atoms with Crippen molar-refractivity contribution in [3.05, 3.63) is 89.0 Å². The molecular formula is C26H25N3. The fourth-order valence-electron chi connectivity index (χ4n) is 4.74. The fourth-order valence-corrected chi connectivity index (χ4v) is 4.74. The molecule has 1 aromatic heterocycles. The molecule has 0 saturated carbocycles. The topological polar surface area (TPSA) is 29.0 Å². The summed E-state index contributed by atoms with van der Waals surface area (Å²) in [5.41, 5.74) is 7.48. The molecule has 0 bridgehead atoms. The molecule has 1 aliphatic rings. The number of aromatic nitrogens is 2. The number of anilines is 1. The number of benzene rings is 3. The summed E-state index contributed by atoms with van der Waals surface area (Å²) in [5.74, 6) is 0.984. The van der Waals surface area contributed by atoms with Gasteiger partial charge in [0.25, 0.3) is 0 Å². The van der Waals surface area contributed by atoms with Gasteiger partial charge in [0, 0.05) is 22.9 Å². The molecule has 0 radical (unpaired) electrons. The van der Waals surface area contributed by atoms with E-state index in [1.807, 2.05) is 0 Å². The van der Waals surface area contributed by atoms with Crippen LogP contribution in [0.25, 0.3) is 22.0 Å². The molecule has 5 rings (SSSR count). The zero-order chi connectivity index (χ0) is 20.0. The maximum Gasteiger partial charge on any atom is 0.159 e. The van der Waals surface area contributed by atoms with Crippen molar-refractivity contribution in [2.45, 2.75) is 33.2 Å². The van der Waals surface area contributed by atoms with Gasteiger partial charge in [-0.15, -0.1) is 10.2 Å². The molecule has 0 saturated heterocycles. The Morgan fingerprint density at radius 2 is 1.48 bits per heavy atom. The van der Waals surface area contributed by atoms with E-state index in [1.165, 1.54) is 38.6 Å². The van der Waals surface area contributed by atoms with Crippen molar-refractivity contribution in [2.75, 3.05) is 11.4 Å². The second kappa shape index (κ2) is 7.00. The first-order chi connectivity index (χ1) is 14.1. The second-order valence-corrected chi connectivity index (χ2v) is 8.00. The van der Waals surface area contributed by atoms with Gasteiger partial charge in [-0.1, -0.05) is 66.7 Å². The largest absolute Gasteiger partial charge is 0.348 e. The molecule has 1 aliphatic heterocycles. The zero-order valence-corrected chi connectivity index (χ0v) is 17.2. The molecule has 2 heterocycles. The first-order valence-corrected chi connectivity index (χ1v) is 10.3. The molecule has 0 N–H and O–H groups in total. The number of aryl methyl sites for hydroxylation is 2. The van der Waals surface area contributed by atoms with Crippen LogP contribution in [0.5, 0.6) is 0 Å². The summed E-state index contributed by atoms with van der Waals surface area (Å²) >= 11 is 0. The zero-order valence-electron chi connectivity index (χ0n) is 17.2. The molecule has 3 heteroatoms. The van der Waals surface area contributed by atoms with Crippen LogP contribution in [0.3, 0.4) is 0 Å². The van der Waals surface area contributed by atoms with E-state index in [-0.39, 0.29) is 6.04 Å². The van der Waals surface area contributed by atoms with Crippen molar-refractivity contribution in [1.29, 1.82) is 0 Å². The Balaban J connectivity index is 1.69. The Morgan fingerprint density at radius 1 is 0.793 bits per heavy atom. The maximum atomic E-state index is 4.79. The van der Waals surface area contributed by atoms with Gasteiger partial charge in [0.1, 0.15) is 5.69 Å². The van der Waals surface area contributed by atoms with Crippen LogP contribution >= 0.6 is 0 Å². The molecule has 1 atom stereocenters. The van der Waals surface area contributed by atoms with E-state index >= 15 is 0 Å². The number of fused-ring (bicyclic) bond motifs is 2. The van der Waals surface area contributed by atoms with E-state index in [9.17, 15) is 0 Å². The Morgan fingerprint density at radius 3 is 2.28 bits per heavy atom. The molecule has 1 unspecified atom stereocenters. The van der Waals surface area contributed by atoms with Gasteiger partial charge in [0.15, 0.2) is 5.82 Å². The van der Waals surface area contributed by atoms with Crippen molar-refractivity contribution in [3.8, 4) is 11.3 Å².